The highest BCUT2D eigenvalue weighted by atomic mass is 32.2. The molecule has 0 atom stereocenters. The fraction of sp³-hybridized carbons (Fsp3) is 0.304. The molecule has 0 saturated heterocycles. The Morgan fingerprint density at radius 3 is 2.87 bits per heavy atom. The third-order valence-electron chi connectivity index (χ3n) is 4.59. The second-order valence-corrected chi connectivity index (χ2v) is 10.1. The van der Waals surface area contributed by atoms with Gasteiger partial charge in [0, 0.05) is 31.4 Å². The summed E-state index contributed by atoms with van der Waals surface area (Å²) in [6.07, 6.45) is 11.4. The van der Waals surface area contributed by atoms with Crippen molar-refractivity contribution >= 4 is 35.1 Å². The summed E-state index contributed by atoms with van der Waals surface area (Å²) in [4.78, 5) is 18.3. The number of carboxylic acids is 1. The van der Waals surface area contributed by atoms with Gasteiger partial charge in [-0.25, -0.2) is 4.98 Å². The number of hydrogen-bond acceptors (Lipinski definition) is 6. The first-order valence-corrected chi connectivity index (χ1v) is 11.6. The molecule has 1 aromatic heterocycles. The molecular weight excluding hydrogens is 414 g/mol. The molecule has 0 fully saturated rings. The van der Waals surface area contributed by atoms with Gasteiger partial charge in [-0.15, -0.1) is 11.3 Å². The molecule has 2 heterocycles. The van der Waals surface area contributed by atoms with Crippen LogP contribution in [-0.4, -0.2) is 45.3 Å². The van der Waals surface area contributed by atoms with Gasteiger partial charge >= 0.3 is 5.97 Å². The highest BCUT2D eigenvalue weighted by Crippen LogP contribution is 2.34. The van der Waals surface area contributed by atoms with Crippen molar-refractivity contribution in [2.75, 3.05) is 19.6 Å². The van der Waals surface area contributed by atoms with Gasteiger partial charge in [0.2, 0.25) is 0 Å². The highest BCUT2D eigenvalue weighted by molar-refractivity contribution is 8.02. The van der Waals surface area contributed by atoms with Crippen molar-refractivity contribution in [1.82, 2.24) is 15.2 Å². The summed E-state index contributed by atoms with van der Waals surface area (Å²) in [5.74, 6) is 0.274. The lowest BCUT2D eigenvalue weighted by Gasteiger charge is -2.27. The minimum Gasteiger partial charge on any atom is -0.480 e. The van der Waals surface area contributed by atoms with Crippen molar-refractivity contribution in [2.45, 2.75) is 29.4 Å². The summed E-state index contributed by atoms with van der Waals surface area (Å²) in [6.45, 7) is 5.85. The molecule has 5 nitrogen and oxygen atoms in total. The van der Waals surface area contributed by atoms with E-state index >= 15 is 0 Å². The molecule has 1 aromatic carbocycles. The van der Waals surface area contributed by atoms with Gasteiger partial charge in [0.05, 0.1) is 5.69 Å². The number of benzene rings is 1. The number of carbonyl (C=O) groups is 1. The fourth-order valence-electron chi connectivity index (χ4n) is 2.82. The summed E-state index contributed by atoms with van der Waals surface area (Å²) in [6, 6.07) is 10.3. The maximum Gasteiger partial charge on any atom is 0.319 e. The van der Waals surface area contributed by atoms with E-state index in [2.05, 4.69) is 57.7 Å². The quantitative estimate of drug-likeness (QED) is 0.523. The number of thiazole rings is 1. The number of thioether (sulfide) groups is 1. The van der Waals surface area contributed by atoms with E-state index in [9.17, 15) is 9.90 Å². The topological polar surface area (TPSA) is 65.5 Å². The highest BCUT2D eigenvalue weighted by Gasteiger charge is 2.29. The lowest BCUT2D eigenvalue weighted by atomic mass is 10.2. The first kappa shape index (κ1) is 22.2. The lowest BCUT2D eigenvalue weighted by Crippen LogP contribution is -2.34. The predicted octanol–water partition coefficient (Wildman–Crippen LogP) is 4.66. The molecule has 0 amide bonds. The Balaban J connectivity index is 1.62. The maximum atomic E-state index is 11.3. The number of hydrogen-bond donors (Lipinski definition) is 2. The molecule has 1 aliphatic rings. The Morgan fingerprint density at radius 2 is 2.17 bits per heavy atom. The molecule has 0 radical (unpaired) electrons. The van der Waals surface area contributed by atoms with Gasteiger partial charge in [-0.05, 0) is 25.5 Å². The standard InChI is InChI=1S/C23H27N3O2S2/c1-23(2,21(27)28)30-22-25-19(17-29-22)13-16-26(20-12-6-7-14-24-20)15-8-11-18-9-4-3-5-10-18/h3-12,17,24H,13-16H2,1-2H3,(H,27,28)/b11-8+. The van der Waals surface area contributed by atoms with Crippen LogP contribution in [0, 0.1) is 0 Å². The molecule has 3 rings (SSSR count). The first-order valence-electron chi connectivity index (χ1n) is 9.88. The van der Waals surface area contributed by atoms with E-state index in [0.29, 0.717) is 0 Å². The lowest BCUT2D eigenvalue weighted by molar-refractivity contribution is -0.138. The van der Waals surface area contributed by atoms with Gasteiger partial charge in [0.1, 0.15) is 10.6 Å². The summed E-state index contributed by atoms with van der Waals surface area (Å²) >= 11 is 2.81. The maximum absolute atomic E-state index is 11.3. The summed E-state index contributed by atoms with van der Waals surface area (Å²) < 4.78 is -0.0853. The van der Waals surface area contributed by atoms with Crippen LogP contribution in [0.3, 0.4) is 0 Å². The van der Waals surface area contributed by atoms with Crippen LogP contribution < -0.4 is 5.32 Å². The van der Waals surface area contributed by atoms with Crippen LogP contribution >= 0.6 is 23.1 Å². The Bertz CT molecular complexity index is 933. The van der Waals surface area contributed by atoms with Crippen LogP contribution in [0.15, 0.2) is 70.2 Å². The normalized spacial score (nSPS) is 13.9. The van der Waals surface area contributed by atoms with Gasteiger partial charge in [-0.3, -0.25) is 4.79 Å². The molecule has 0 bridgehead atoms. The van der Waals surface area contributed by atoms with E-state index in [1.807, 2.05) is 23.6 Å². The smallest absolute Gasteiger partial charge is 0.319 e. The van der Waals surface area contributed by atoms with Crippen molar-refractivity contribution in [3.63, 3.8) is 0 Å². The van der Waals surface area contributed by atoms with Crippen molar-refractivity contribution in [3.05, 3.63) is 77.1 Å². The third-order valence-corrected chi connectivity index (χ3v) is 6.77. The van der Waals surface area contributed by atoms with Crippen LogP contribution in [0.2, 0.25) is 0 Å². The zero-order valence-corrected chi connectivity index (χ0v) is 18.9. The van der Waals surface area contributed by atoms with E-state index in [1.54, 1.807) is 13.8 Å². The molecule has 0 saturated carbocycles. The average molecular weight is 442 g/mol. The van der Waals surface area contributed by atoms with E-state index in [0.717, 1.165) is 41.9 Å². The minimum absolute atomic E-state index is 0.791. The van der Waals surface area contributed by atoms with Crippen molar-refractivity contribution < 1.29 is 9.90 Å². The fourth-order valence-corrected chi connectivity index (χ4v) is 5.04. The monoisotopic (exact) mass is 441 g/mol. The number of carboxylic acid groups (broad SMARTS) is 1. The van der Waals surface area contributed by atoms with Gasteiger partial charge in [0.15, 0.2) is 4.34 Å². The number of dihydropyridines is 1. The molecule has 0 unspecified atom stereocenters. The van der Waals surface area contributed by atoms with E-state index in [4.69, 9.17) is 0 Å². The molecule has 0 spiro atoms. The van der Waals surface area contributed by atoms with Gasteiger partial charge in [-0.2, -0.15) is 0 Å². The predicted molar refractivity (Wildman–Crippen MR) is 126 cm³/mol. The van der Waals surface area contributed by atoms with Crippen molar-refractivity contribution in [2.24, 2.45) is 0 Å². The zero-order valence-electron chi connectivity index (χ0n) is 17.2. The Hall–Kier alpha value is -2.51. The average Bonchev–Trinajstić information content (AvgIpc) is 3.18. The number of aromatic nitrogens is 1. The van der Waals surface area contributed by atoms with E-state index < -0.39 is 10.7 Å². The van der Waals surface area contributed by atoms with Crippen LogP contribution in [0.4, 0.5) is 0 Å². The van der Waals surface area contributed by atoms with Crippen LogP contribution in [0.25, 0.3) is 6.08 Å². The van der Waals surface area contributed by atoms with E-state index in [-0.39, 0.29) is 0 Å². The van der Waals surface area contributed by atoms with E-state index in [1.165, 1.54) is 28.7 Å². The van der Waals surface area contributed by atoms with Gasteiger partial charge < -0.3 is 15.3 Å². The summed E-state index contributed by atoms with van der Waals surface area (Å²) in [5, 5.41) is 14.8. The van der Waals surface area contributed by atoms with Crippen LogP contribution in [-0.2, 0) is 11.2 Å². The number of allylic oxidation sites excluding steroid dienone is 2. The summed E-state index contributed by atoms with van der Waals surface area (Å²) in [7, 11) is 0. The Labute approximate surface area is 186 Å². The van der Waals surface area contributed by atoms with Gasteiger partial charge in [-0.1, -0.05) is 66.4 Å². The van der Waals surface area contributed by atoms with Crippen molar-refractivity contribution in [1.29, 1.82) is 0 Å². The molecule has 158 valence electrons. The molecule has 2 N–H and O–H groups in total. The summed E-state index contributed by atoms with van der Waals surface area (Å²) in [5.41, 5.74) is 2.18. The molecule has 1 aliphatic heterocycles. The Kier molecular flexibility index (Phi) is 7.76. The zero-order chi connectivity index (χ0) is 21.4. The minimum atomic E-state index is -0.882. The third kappa shape index (κ3) is 6.50. The number of aliphatic carboxylic acids is 1. The molecule has 7 heteroatoms. The number of rotatable bonds is 10. The number of nitrogens with zero attached hydrogens (tertiary/aromatic N) is 2. The molecular formula is C23H27N3O2S2. The largest absolute Gasteiger partial charge is 0.480 e. The first-order chi connectivity index (χ1) is 14.4. The van der Waals surface area contributed by atoms with Crippen molar-refractivity contribution in [3.8, 4) is 0 Å². The second kappa shape index (κ2) is 10.5. The SMILES string of the molecule is CC(C)(Sc1nc(CCN(C/C=C/c2ccccc2)C2=CC=CCN2)cs1)C(=O)O. The number of nitrogens with one attached hydrogen (secondary N) is 1. The molecule has 30 heavy (non-hydrogen) atoms. The molecule has 0 aliphatic carbocycles. The van der Waals surface area contributed by atoms with Crippen LogP contribution in [0.5, 0.6) is 0 Å². The van der Waals surface area contributed by atoms with Gasteiger partial charge in [0.25, 0.3) is 0 Å². The Morgan fingerprint density at radius 1 is 1.37 bits per heavy atom. The van der Waals surface area contributed by atoms with Crippen LogP contribution in [0.1, 0.15) is 25.1 Å². The molecule has 2 aromatic rings. The second-order valence-electron chi connectivity index (χ2n) is 7.39.